The zero-order chi connectivity index (χ0) is 14.7. The topological polar surface area (TPSA) is 54.1 Å². The van der Waals surface area contributed by atoms with Gasteiger partial charge in [0.25, 0.3) is 0 Å². The van der Waals surface area contributed by atoms with Gasteiger partial charge in [0, 0.05) is 22.2 Å². The van der Waals surface area contributed by atoms with Crippen molar-refractivity contribution < 1.29 is 9.53 Å². The van der Waals surface area contributed by atoms with Crippen LogP contribution in [-0.4, -0.2) is 17.7 Å². The molecule has 3 aromatic rings. The number of aromatic amines is 1. The Balaban J connectivity index is 1.99. The maximum absolute atomic E-state index is 11.6. The van der Waals surface area contributed by atoms with E-state index in [1.54, 1.807) is 6.92 Å². The van der Waals surface area contributed by atoms with E-state index in [0.717, 1.165) is 27.8 Å². The minimum Gasteiger partial charge on any atom is -0.450 e. The van der Waals surface area contributed by atoms with Crippen LogP contribution in [0.4, 0.5) is 10.5 Å². The fourth-order valence-corrected chi connectivity index (χ4v) is 2.32. The highest BCUT2D eigenvalue weighted by atomic mass is 16.5. The monoisotopic (exact) mass is 280 g/mol. The molecular weight excluding hydrogens is 264 g/mol. The van der Waals surface area contributed by atoms with Crippen LogP contribution in [0.3, 0.4) is 0 Å². The van der Waals surface area contributed by atoms with Crippen molar-refractivity contribution in [1.82, 2.24) is 4.98 Å². The number of hydrogen-bond acceptors (Lipinski definition) is 2. The first-order valence-corrected chi connectivity index (χ1v) is 6.89. The number of H-pyrrole nitrogens is 1. The number of benzene rings is 2. The number of amides is 1. The highest BCUT2D eigenvalue weighted by Crippen LogP contribution is 2.30. The summed E-state index contributed by atoms with van der Waals surface area (Å²) < 4.78 is 4.94. The maximum Gasteiger partial charge on any atom is 0.411 e. The molecule has 106 valence electrons. The molecule has 3 rings (SSSR count). The van der Waals surface area contributed by atoms with Crippen molar-refractivity contribution in [2.45, 2.75) is 6.92 Å². The summed E-state index contributed by atoms with van der Waals surface area (Å²) in [5.74, 6) is 0. The highest BCUT2D eigenvalue weighted by Gasteiger charge is 2.10. The van der Waals surface area contributed by atoms with Crippen LogP contribution in [0.5, 0.6) is 0 Å². The van der Waals surface area contributed by atoms with Gasteiger partial charge in [0.2, 0.25) is 0 Å². The molecule has 0 aliphatic heterocycles. The molecule has 0 atom stereocenters. The quantitative estimate of drug-likeness (QED) is 0.747. The van der Waals surface area contributed by atoms with E-state index in [4.69, 9.17) is 4.74 Å². The van der Waals surface area contributed by atoms with Crippen molar-refractivity contribution in [3.63, 3.8) is 0 Å². The van der Waals surface area contributed by atoms with E-state index >= 15 is 0 Å². The number of nitrogens with one attached hydrogen (secondary N) is 2. The van der Waals surface area contributed by atoms with Crippen LogP contribution in [0.15, 0.2) is 54.6 Å². The summed E-state index contributed by atoms with van der Waals surface area (Å²) in [5, 5.41) is 3.91. The lowest BCUT2D eigenvalue weighted by Gasteiger charge is -2.09. The summed E-state index contributed by atoms with van der Waals surface area (Å²) >= 11 is 0. The van der Waals surface area contributed by atoms with Gasteiger partial charge in [0.15, 0.2) is 0 Å². The first-order chi connectivity index (χ1) is 10.3. The second kappa shape index (κ2) is 5.71. The summed E-state index contributed by atoms with van der Waals surface area (Å²) in [7, 11) is 0. The molecule has 0 saturated heterocycles. The standard InChI is InChI=1S/C17H16N2O2/c1-2-21-17(20)19-15-10-6-4-8-13(15)16-11-12-7-3-5-9-14(12)18-16/h3-11,18H,2H2,1H3,(H,19,20). The highest BCUT2D eigenvalue weighted by molar-refractivity contribution is 5.94. The predicted molar refractivity (Wildman–Crippen MR) is 84.4 cm³/mol. The third-order valence-electron chi connectivity index (χ3n) is 3.26. The lowest BCUT2D eigenvalue weighted by atomic mass is 10.1. The number of ether oxygens (including phenoxy) is 1. The second-order valence-corrected chi connectivity index (χ2v) is 4.66. The van der Waals surface area contributed by atoms with Crippen LogP contribution in [0.25, 0.3) is 22.2 Å². The first kappa shape index (κ1) is 13.2. The zero-order valence-electron chi connectivity index (χ0n) is 11.7. The number of anilines is 1. The number of carbonyl (C=O) groups excluding carboxylic acids is 1. The van der Waals surface area contributed by atoms with E-state index < -0.39 is 6.09 Å². The van der Waals surface area contributed by atoms with E-state index in [1.165, 1.54) is 0 Å². The zero-order valence-corrected chi connectivity index (χ0v) is 11.7. The van der Waals surface area contributed by atoms with Gasteiger partial charge in [-0.2, -0.15) is 0 Å². The van der Waals surface area contributed by atoms with Crippen LogP contribution in [0, 0.1) is 0 Å². The van der Waals surface area contributed by atoms with Crippen LogP contribution in [0.2, 0.25) is 0 Å². The molecule has 0 saturated carbocycles. The summed E-state index contributed by atoms with van der Waals surface area (Å²) in [6.07, 6.45) is -0.443. The van der Waals surface area contributed by atoms with Crippen LogP contribution in [-0.2, 0) is 4.74 Å². The van der Waals surface area contributed by atoms with E-state index in [-0.39, 0.29) is 0 Å². The minimum atomic E-state index is -0.443. The molecule has 0 bridgehead atoms. The summed E-state index contributed by atoms with van der Waals surface area (Å²) in [5.41, 5.74) is 3.69. The van der Waals surface area contributed by atoms with Crippen molar-refractivity contribution in [2.24, 2.45) is 0 Å². The Morgan fingerprint density at radius 1 is 1.14 bits per heavy atom. The Labute approximate surface area is 122 Å². The first-order valence-electron chi connectivity index (χ1n) is 6.89. The van der Waals surface area contributed by atoms with E-state index in [1.807, 2.05) is 42.5 Å². The SMILES string of the molecule is CCOC(=O)Nc1ccccc1-c1cc2ccccc2[nH]1. The maximum atomic E-state index is 11.6. The van der Waals surface area contributed by atoms with E-state index in [9.17, 15) is 4.79 Å². The summed E-state index contributed by atoms with van der Waals surface area (Å²) in [6.45, 7) is 2.13. The third-order valence-corrected chi connectivity index (χ3v) is 3.26. The largest absolute Gasteiger partial charge is 0.450 e. The smallest absolute Gasteiger partial charge is 0.411 e. The Morgan fingerprint density at radius 2 is 1.90 bits per heavy atom. The van der Waals surface area contributed by atoms with Gasteiger partial charge in [-0.3, -0.25) is 5.32 Å². The molecule has 2 N–H and O–H groups in total. The number of para-hydroxylation sites is 2. The van der Waals surface area contributed by atoms with Gasteiger partial charge in [0.05, 0.1) is 12.3 Å². The van der Waals surface area contributed by atoms with Gasteiger partial charge in [-0.05, 0) is 25.1 Å². The van der Waals surface area contributed by atoms with Crippen molar-refractivity contribution >= 4 is 22.7 Å². The van der Waals surface area contributed by atoms with Crippen molar-refractivity contribution in [1.29, 1.82) is 0 Å². The predicted octanol–water partition coefficient (Wildman–Crippen LogP) is 4.40. The number of fused-ring (bicyclic) bond motifs is 1. The molecule has 2 aromatic carbocycles. The van der Waals surface area contributed by atoms with Crippen molar-refractivity contribution in [3.8, 4) is 11.3 Å². The molecule has 0 spiro atoms. The molecule has 1 heterocycles. The third kappa shape index (κ3) is 2.74. The minimum absolute atomic E-state index is 0.348. The molecule has 0 aliphatic carbocycles. The van der Waals surface area contributed by atoms with Gasteiger partial charge in [0.1, 0.15) is 0 Å². The number of rotatable bonds is 3. The van der Waals surface area contributed by atoms with Gasteiger partial charge in [-0.1, -0.05) is 36.4 Å². The summed E-state index contributed by atoms with van der Waals surface area (Å²) in [4.78, 5) is 15.0. The molecule has 0 aliphatic rings. The molecule has 0 fully saturated rings. The number of aromatic nitrogens is 1. The van der Waals surface area contributed by atoms with Gasteiger partial charge >= 0.3 is 6.09 Å². The van der Waals surface area contributed by atoms with Gasteiger partial charge in [-0.15, -0.1) is 0 Å². The molecule has 1 aromatic heterocycles. The lowest BCUT2D eigenvalue weighted by Crippen LogP contribution is -2.13. The van der Waals surface area contributed by atoms with E-state index in [2.05, 4.69) is 22.4 Å². The van der Waals surface area contributed by atoms with Crippen molar-refractivity contribution in [3.05, 3.63) is 54.6 Å². The second-order valence-electron chi connectivity index (χ2n) is 4.66. The average Bonchev–Trinajstić information content (AvgIpc) is 2.91. The van der Waals surface area contributed by atoms with Crippen molar-refractivity contribution in [2.75, 3.05) is 11.9 Å². The molecule has 0 unspecified atom stereocenters. The molecule has 21 heavy (non-hydrogen) atoms. The Hall–Kier alpha value is -2.75. The number of hydrogen-bond donors (Lipinski definition) is 2. The lowest BCUT2D eigenvalue weighted by molar-refractivity contribution is 0.168. The molecule has 0 radical (unpaired) electrons. The Kier molecular flexibility index (Phi) is 3.60. The van der Waals surface area contributed by atoms with Crippen LogP contribution < -0.4 is 5.32 Å². The Morgan fingerprint density at radius 3 is 2.71 bits per heavy atom. The molecular formula is C17H16N2O2. The summed E-state index contributed by atoms with van der Waals surface area (Å²) in [6, 6.07) is 17.8. The van der Waals surface area contributed by atoms with Crippen LogP contribution in [0.1, 0.15) is 6.92 Å². The Bertz CT molecular complexity index is 744. The molecule has 1 amide bonds. The fraction of sp³-hybridized carbons (Fsp3) is 0.118. The van der Waals surface area contributed by atoms with E-state index in [0.29, 0.717) is 6.61 Å². The number of carbonyl (C=O) groups is 1. The normalized spacial score (nSPS) is 10.5. The molecule has 4 heteroatoms. The van der Waals surface area contributed by atoms with Crippen LogP contribution >= 0.6 is 0 Å². The fourth-order valence-electron chi connectivity index (χ4n) is 2.32. The van der Waals surface area contributed by atoms with Gasteiger partial charge < -0.3 is 9.72 Å². The average molecular weight is 280 g/mol. The molecule has 4 nitrogen and oxygen atoms in total. The van der Waals surface area contributed by atoms with Gasteiger partial charge in [-0.25, -0.2) is 4.79 Å².